The number of rotatable bonds is 3. The van der Waals surface area contributed by atoms with Crippen molar-refractivity contribution in [3.05, 3.63) is 76.1 Å². The highest BCUT2D eigenvalue weighted by molar-refractivity contribution is 5.54. The molecular weight excluding hydrogens is 361 g/mol. The molecular formula is C19H15F7. The average molecular weight is 376 g/mol. The molecule has 0 spiro atoms. The Hall–Kier alpha value is -2.31. The summed E-state index contributed by atoms with van der Waals surface area (Å²) < 4.78 is 92.1. The van der Waals surface area contributed by atoms with E-state index in [0.29, 0.717) is 0 Å². The van der Waals surface area contributed by atoms with Gasteiger partial charge in [-0.25, -0.2) is 4.39 Å². The van der Waals surface area contributed by atoms with Crippen LogP contribution in [0.25, 0.3) is 6.08 Å². The van der Waals surface area contributed by atoms with Gasteiger partial charge in [0.05, 0.1) is 11.5 Å². The van der Waals surface area contributed by atoms with E-state index in [4.69, 9.17) is 0 Å². The van der Waals surface area contributed by atoms with Crippen molar-refractivity contribution < 1.29 is 30.7 Å². The number of hydrogen-bond donors (Lipinski definition) is 0. The Bertz CT molecular complexity index is 814. The second kappa shape index (κ2) is 7.13. The van der Waals surface area contributed by atoms with Crippen molar-refractivity contribution in [1.82, 2.24) is 0 Å². The summed E-state index contributed by atoms with van der Waals surface area (Å²) in [7, 11) is 0. The quantitative estimate of drug-likeness (QED) is 0.516. The summed E-state index contributed by atoms with van der Waals surface area (Å²) in [4.78, 5) is 0. The van der Waals surface area contributed by atoms with Gasteiger partial charge in [0.15, 0.2) is 0 Å². The molecule has 2 aromatic rings. The summed E-state index contributed by atoms with van der Waals surface area (Å²) in [5.74, 6) is -2.69. The second-order valence-electron chi connectivity index (χ2n) is 5.96. The lowest BCUT2D eigenvalue weighted by Crippen LogP contribution is -2.19. The Labute approximate surface area is 146 Å². The minimum Gasteiger partial charge on any atom is -0.207 e. The third-order valence-corrected chi connectivity index (χ3v) is 3.94. The van der Waals surface area contributed by atoms with Crippen molar-refractivity contribution in [1.29, 1.82) is 0 Å². The van der Waals surface area contributed by atoms with E-state index < -0.39 is 29.7 Å². The molecule has 0 aliphatic heterocycles. The van der Waals surface area contributed by atoms with Gasteiger partial charge in [0.25, 0.3) is 0 Å². The number of allylic oxidation sites excluding steroid dienone is 1. The number of aryl methyl sites for hydroxylation is 2. The zero-order valence-electron chi connectivity index (χ0n) is 13.8. The molecule has 2 aromatic carbocycles. The fraction of sp³-hybridized carbons (Fsp3) is 0.263. The molecule has 140 valence electrons. The summed E-state index contributed by atoms with van der Waals surface area (Å²) in [5, 5.41) is 0. The fourth-order valence-corrected chi connectivity index (χ4v) is 2.53. The van der Waals surface area contributed by atoms with Crippen molar-refractivity contribution in [2.24, 2.45) is 0 Å². The molecule has 1 unspecified atom stereocenters. The van der Waals surface area contributed by atoms with Gasteiger partial charge in [-0.1, -0.05) is 36.4 Å². The highest BCUT2D eigenvalue weighted by Gasteiger charge is 2.39. The molecule has 0 amide bonds. The van der Waals surface area contributed by atoms with Crippen LogP contribution in [0.1, 0.15) is 33.7 Å². The molecule has 0 aliphatic rings. The van der Waals surface area contributed by atoms with Gasteiger partial charge in [0, 0.05) is 0 Å². The normalized spacial score (nSPS) is 14.0. The van der Waals surface area contributed by atoms with Crippen LogP contribution in [0, 0.1) is 19.7 Å². The van der Waals surface area contributed by atoms with Gasteiger partial charge in [-0.3, -0.25) is 0 Å². The lowest BCUT2D eigenvalue weighted by atomic mass is 9.95. The third kappa shape index (κ3) is 4.65. The minimum atomic E-state index is -4.67. The van der Waals surface area contributed by atoms with Gasteiger partial charge in [-0.05, 0) is 48.2 Å². The maximum Gasteiger partial charge on any atom is 0.416 e. The second-order valence-corrected chi connectivity index (χ2v) is 5.96. The van der Waals surface area contributed by atoms with Gasteiger partial charge in [0.1, 0.15) is 5.82 Å². The van der Waals surface area contributed by atoms with Crippen LogP contribution in [0.2, 0.25) is 0 Å². The standard InChI is InChI=1S/C19H15F7/c1-11-3-4-13(10-16(11)19(24,25)26)5-7-15(18(21,22)23)14-6-8-17(20)12(2)9-14/h3-10,15H,1-2H3/b7-5+. The van der Waals surface area contributed by atoms with Crippen LogP contribution in [-0.4, -0.2) is 6.18 Å². The van der Waals surface area contributed by atoms with Crippen LogP contribution in [0.15, 0.2) is 42.5 Å². The summed E-state index contributed by atoms with van der Waals surface area (Å²) in [5.41, 5.74) is -1.05. The van der Waals surface area contributed by atoms with E-state index in [0.717, 1.165) is 36.4 Å². The Morgan fingerprint density at radius 1 is 0.846 bits per heavy atom. The maximum atomic E-state index is 13.3. The Balaban J connectivity index is 2.42. The molecule has 0 saturated carbocycles. The Morgan fingerprint density at radius 3 is 2.04 bits per heavy atom. The van der Waals surface area contributed by atoms with Crippen LogP contribution in [-0.2, 0) is 6.18 Å². The van der Waals surface area contributed by atoms with Gasteiger partial charge < -0.3 is 0 Å². The summed E-state index contributed by atoms with van der Waals surface area (Å²) in [6, 6.07) is 6.34. The van der Waals surface area contributed by atoms with E-state index in [1.165, 1.54) is 26.0 Å². The predicted molar refractivity (Wildman–Crippen MR) is 85.1 cm³/mol. The van der Waals surface area contributed by atoms with Crippen molar-refractivity contribution in [3.8, 4) is 0 Å². The molecule has 0 heterocycles. The lowest BCUT2D eigenvalue weighted by Gasteiger charge is -2.18. The molecule has 0 fully saturated rings. The Kier molecular flexibility index (Phi) is 5.49. The highest BCUT2D eigenvalue weighted by atomic mass is 19.4. The summed E-state index contributed by atoms with van der Waals surface area (Å²) in [6.07, 6.45) is -7.49. The van der Waals surface area contributed by atoms with E-state index in [-0.39, 0.29) is 22.3 Å². The number of alkyl halides is 6. The first-order valence-electron chi connectivity index (χ1n) is 7.58. The Morgan fingerprint density at radius 2 is 1.50 bits per heavy atom. The topological polar surface area (TPSA) is 0 Å². The van der Waals surface area contributed by atoms with Gasteiger partial charge >= 0.3 is 12.4 Å². The van der Waals surface area contributed by atoms with E-state index in [1.54, 1.807) is 0 Å². The largest absolute Gasteiger partial charge is 0.416 e. The molecule has 0 nitrogen and oxygen atoms in total. The number of halogens is 7. The van der Waals surface area contributed by atoms with Crippen molar-refractivity contribution >= 4 is 6.08 Å². The van der Waals surface area contributed by atoms with Gasteiger partial charge in [-0.15, -0.1) is 0 Å². The van der Waals surface area contributed by atoms with E-state index >= 15 is 0 Å². The molecule has 0 aliphatic carbocycles. The molecule has 2 rings (SSSR count). The smallest absolute Gasteiger partial charge is 0.207 e. The van der Waals surface area contributed by atoms with Crippen LogP contribution in [0.3, 0.4) is 0 Å². The average Bonchev–Trinajstić information content (AvgIpc) is 2.50. The highest BCUT2D eigenvalue weighted by Crippen LogP contribution is 2.37. The maximum absolute atomic E-state index is 13.3. The van der Waals surface area contributed by atoms with Crippen LogP contribution < -0.4 is 0 Å². The van der Waals surface area contributed by atoms with Crippen LogP contribution >= 0.6 is 0 Å². The minimum absolute atomic E-state index is 0.00370. The third-order valence-electron chi connectivity index (χ3n) is 3.94. The summed E-state index contributed by atoms with van der Waals surface area (Å²) >= 11 is 0. The monoisotopic (exact) mass is 376 g/mol. The fourth-order valence-electron chi connectivity index (χ4n) is 2.53. The zero-order valence-corrected chi connectivity index (χ0v) is 13.8. The van der Waals surface area contributed by atoms with E-state index in [2.05, 4.69) is 0 Å². The predicted octanol–water partition coefficient (Wildman–Crippen LogP) is 6.82. The molecule has 26 heavy (non-hydrogen) atoms. The molecule has 1 atom stereocenters. The molecule has 0 saturated heterocycles. The van der Waals surface area contributed by atoms with Gasteiger partial charge in [0.2, 0.25) is 0 Å². The van der Waals surface area contributed by atoms with Crippen molar-refractivity contribution in [2.75, 3.05) is 0 Å². The SMILES string of the molecule is Cc1cc(C(/C=C/c2ccc(C)c(C(F)(F)F)c2)C(F)(F)F)ccc1F. The van der Waals surface area contributed by atoms with E-state index in [9.17, 15) is 30.7 Å². The van der Waals surface area contributed by atoms with Gasteiger partial charge in [-0.2, -0.15) is 26.3 Å². The lowest BCUT2D eigenvalue weighted by molar-refractivity contribution is -0.139. The van der Waals surface area contributed by atoms with Crippen molar-refractivity contribution in [2.45, 2.75) is 32.1 Å². The number of hydrogen-bond acceptors (Lipinski definition) is 0. The molecule has 0 aromatic heterocycles. The zero-order chi connectivity index (χ0) is 19.7. The first-order chi connectivity index (χ1) is 11.9. The molecule has 0 radical (unpaired) electrons. The molecule has 0 N–H and O–H groups in total. The van der Waals surface area contributed by atoms with Crippen molar-refractivity contribution in [3.63, 3.8) is 0 Å². The van der Waals surface area contributed by atoms with Crippen LogP contribution in [0.4, 0.5) is 30.7 Å². The molecule has 0 bridgehead atoms. The number of benzene rings is 2. The first-order valence-corrected chi connectivity index (χ1v) is 7.58. The van der Waals surface area contributed by atoms with Crippen LogP contribution in [0.5, 0.6) is 0 Å². The molecule has 7 heteroatoms. The summed E-state index contributed by atoms with van der Waals surface area (Å²) in [6.45, 7) is 2.61. The first kappa shape index (κ1) is 20.0. The van der Waals surface area contributed by atoms with E-state index in [1.807, 2.05) is 0 Å².